The Morgan fingerprint density at radius 3 is 2.18 bits per heavy atom. The van der Waals surface area contributed by atoms with Crippen LogP contribution >= 0.6 is 0 Å². The average molecular weight is 227 g/mol. The Morgan fingerprint density at radius 1 is 0.941 bits per heavy atom. The molecule has 2 nitrogen and oxygen atoms in total. The lowest BCUT2D eigenvalue weighted by atomic mass is 9.98. The van der Waals surface area contributed by atoms with E-state index in [9.17, 15) is 5.11 Å². The molecule has 0 spiro atoms. The molecule has 0 radical (unpaired) electrons. The third kappa shape index (κ3) is 2.66. The van der Waals surface area contributed by atoms with Crippen molar-refractivity contribution in [2.45, 2.75) is 20.0 Å². The van der Waals surface area contributed by atoms with Gasteiger partial charge in [-0.1, -0.05) is 41.5 Å². The van der Waals surface area contributed by atoms with Gasteiger partial charge in [-0.15, -0.1) is 0 Å². The molecule has 0 bridgehead atoms. The number of hydrogen-bond donors (Lipinski definition) is 2. The summed E-state index contributed by atoms with van der Waals surface area (Å²) in [5, 5.41) is 10.3. The van der Waals surface area contributed by atoms with Crippen LogP contribution in [0.1, 0.15) is 28.4 Å². The van der Waals surface area contributed by atoms with E-state index < -0.39 is 6.10 Å². The van der Waals surface area contributed by atoms with E-state index >= 15 is 0 Å². The average Bonchev–Trinajstić information content (AvgIpc) is 2.26. The number of aliphatic hydroxyl groups is 1. The molecule has 2 aromatic carbocycles. The first kappa shape index (κ1) is 11.7. The molecule has 1 atom stereocenters. The summed E-state index contributed by atoms with van der Waals surface area (Å²) in [6, 6.07) is 13.5. The smallest absolute Gasteiger partial charge is 0.104 e. The van der Waals surface area contributed by atoms with Crippen molar-refractivity contribution < 1.29 is 5.11 Å². The Kier molecular flexibility index (Phi) is 3.16. The van der Waals surface area contributed by atoms with Crippen LogP contribution in [-0.4, -0.2) is 5.11 Å². The fourth-order valence-corrected chi connectivity index (χ4v) is 2.09. The van der Waals surface area contributed by atoms with Crippen molar-refractivity contribution in [2.24, 2.45) is 0 Å². The third-order valence-corrected chi connectivity index (χ3v) is 2.79. The summed E-state index contributed by atoms with van der Waals surface area (Å²) in [7, 11) is 0. The van der Waals surface area contributed by atoms with Gasteiger partial charge in [-0.2, -0.15) is 0 Å². The van der Waals surface area contributed by atoms with Crippen molar-refractivity contribution in [2.75, 3.05) is 5.73 Å². The molecule has 0 aliphatic carbocycles. The van der Waals surface area contributed by atoms with E-state index in [1.165, 1.54) is 0 Å². The minimum absolute atomic E-state index is 0.614. The molecule has 0 aliphatic rings. The third-order valence-electron chi connectivity index (χ3n) is 2.79. The number of nitrogens with two attached hydrogens (primary N) is 1. The van der Waals surface area contributed by atoms with Crippen LogP contribution in [0.5, 0.6) is 0 Å². The second-order valence-corrected chi connectivity index (χ2v) is 4.49. The Morgan fingerprint density at radius 2 is 1.59 bits per heavy atom. The molecule has 0 amide bonds. The van der Waals surface area contributed by atoms with Gasteiger partial charge in [0.25, 0.3) is 0 Å². The first-order valence-electron chi connectivity index (χ1n) is 5.68. The fraction of sp³-hybridized carbons (Fsp3) is 0.200. The van der Waals surface area contributed by atoms with Crippen molar-refractivity contribution in [3.8, 4) is 0 Å². The molecule has 2 heteroatoms. The molecule has 0 saturated heterocycles. The Hall–Kier alpha value is -1.80. The summed E-state index contributed by atoms with van der Waals surface area (Å²) >= 11 is 0. The van der Waals surface area contributed by atoms with E-state index in [1.54, 1.807) is 0 Å². The number of benzene rings is 2. The molecule has 17 heavy (non-hydrogen) atoms. The van der Waals surface area contributed by atoms with Crippen LogP contribution in [-0.2, 0) is 0 Å². The van der Waals surface area contributed by atoms with Gasteiger partial charge in [-0.3, -0.25) is 0 Å². The maximum absolute atomic E-state index is 10.3. The molecule has 1 unspecified atom stereocenters. The molecule has 0 saturated carbocycles. The predicted octanol–water partition coefficient (Wildman–Crippen LogP) is 2.97. The predicted molar refractivity (Wildman–Crippen MR) is 70.8 cm³/mol. The van der Waals surface area contributed by atoms with Crippen LogP contribution in [0.2, 0.25) is 0 Å². The zero-order valence-corrected chi connectivity index (χ0v) is 10.1. The Labute approximate surface area is 102 Å². The van der Waals surface area contributed by atoms with Crippen LogP contribution < -0.4 is 5.73 Å². The maximum atomic E-state index is 10.3. The second kappa shape index (κ2) is 4.60. The standard InChI is InChI=1S/C15H17NO/c1-10-6-11(2)8-13(7-10)15(17)12-4-3-5-14(16)9-12/h3-9,15,17H,16H2,1-2H3. The normalized spacial score (nSPS) is 12.4. The molecule has 88 valence electrons. The molecule has 2 aromatic rings. The monoisotopic (exact) mass is 227 g/mol. The molecule has 0 aromatic heterocycles. The van der Waals surface area contributed by atoms with Crippen LogP contribution in [0.15, 0.2) is 42.5 Å². The van der Waals surface area contributed by atoms with Gasteiger partial charge in [0.05, 0.1) is 0 Å². The minimum atomic E-state index is -0.614. The lowest BCUT2D eigenvalue weighted by Crippen LogP contribution is -2.01. The van der Waals surface area contributed by atoms with Gasteiger partial charge in [0, 0.05) is 5.69 Å². The summed E-state index contributed by atoms with van der Waals surface area (Å²) in [5.41, 5.74) is 10.4. The van der Waals surface area contributed by atoms with E-state index in [4.69, 9.17) is 5.73 Å². The van der Waals surface area contributed by atoms with Crippen molar-refractivity contribution >= 4 is 5.69 Å². The van der Waals surface area contributed by atoms with Crippen molar-refractivity contribution in [1.29, 1.82) is 0 Å². The van der Waals surface area contributed by atoms with Gasteiger partial charge < -0.3 is 10.8 Å². The van der Waals surface area contributed by atoms with Gasteiger partial charge >= 0.3 is 0 Å². The highest BCUT2D eigenvalue weighted by molar-refractivity contribution is 5.44. The summed E-state index contributed by atoms with van der Waals surface area (Å²) in [5.74, 6) is 0. The van der Waals surface area contributed by atoms with Gasteiger partial charge in [-0.25, -0.2) is 0 Å². The summed E-state index contributed by atoms with van der Waals surface area (Å²) < 4.78 is 0. The second-order valence-electron chi connectivity index (χ2n) is 4.49. The number of rotatable bonds is 2. The minimum Gasteiger partial charge on any atom is -0.399 e. The van der Waals surface area contributed by atoms with Gasteiger partial charge in [0.2, 0.25) is 0 Å². The van der Waals surface area contributed by atoms with Crippen LogP contribution in [0.3, 0.4) is 0 Å². The number of aliphatic hydroxyl groups excluding tert-OH is 1. The van der Waals surface area contributed by atoms with Crippen molar-refractivity contribution in [3.05, 3.63) is 64.7 Å². The highest BCUT2D eigenvalue weighted by Gasteiger charge is 2.11. The molecule has 0 aliphatic heterocycles. The topological polar surface area (TPSA) is 46.2 Å². The molecule has 3 N–H and O–H groups in total. The Balaban J connectivity index is 2.39. The quantitative estimate of drug-likeness (QED) is 0.775. The van der Waals surface area contributed by atoms with E-state index in [2.05, 4.69) is 6.07 Å². The fourth-order valence-electron chi connectivity index (χ4n) is 2.09. The van der Waals surface area contributed by atoms with E-state index in [1.807, 2.05) is 50.2 Å². The lowest BCUT2D eigenvalue weighted by molar-refractivity contribution is 0.220. The van der Waals surface area contributed by atoms with E-state index in [0.717, 1.165) is 22.3 Å². The Bertz CT molecular complexity index is 514. The molecule has 0 fully saturated rings. The SMILES string of the molecule is Cc1cc(C)cc(C(O)c2cccc(N)c2)c1. The van der Waals surface area contributed by atoms with Crippen LogP contribution in [0, 0.1) is 13.8 Å². The first-order valence-corrected chi connectivity index (χ1v) is 5.68. The largest absolute Gasteiger partial charge is 0.399 e. The molecular formula is C15H17NO. The zero-order valence-electron chi connectivity index (χ0n) is 10.1. The highest BCUT2D eigenvalue weighted by atomic mass is 16.3. The van der Waals surface area contributed by atoms with Gasteiger partial charge in [0.1, 0.15) is 6.10 Å². The van der Waals surface area contributed by atoms with E-state index in [-0.39, 0.29) is 0 Å². The zero-order chi connectivity index (χ0) is 12.4. The number of hydrogen-bond acceptors (Lipinski definition) is 2. The molecule has 0 heterocycles. The molecular weight excluding hydrogens is 210 g/mol. The van der Waals surface area contributed by atoms with Crippen LogP contribution in [0.4, 0.5) is 5.69 Å². The summed E-state index contributed by atoms with van der Waals surface area (Å²) in [4.78, 5) is 0. The summed E-state index contributed by atoms with van der Waals surface area (Å²) in [6.07, 6.45) is -0.614. The van der Waals surface area contributed by atoms with Gasteiger partial charge in [0.15, 0.2) is 0 Å². The first-order chi connectivity index (χ1) is 8.06. The van der Waals surface area contributed by atoms with E-state index in [0.29, 0.717) is 5.69 Å². The highest BCUT2D eigenvalue weighted by Crippen LogP contribution is 2.24. The number of nitrogen functional groups attached to an aromatic ring is 1. The number of aryl methyl sites for hydroxylation is 2. The number of anilines is 1. The maximum Gasteiger partial charge on any atom is 0.104 e. The van der Waals surface area contributed by atoms with Gasteiger partial charge in [-0.05, 0) is 37.1 Å². The van der Waals surface area contributed by atoms with Crippen LogP contribution in [0.25, 0.3) is 0 Å². The summed E-state index contributed by atoms with van der Waals surface area (Å²) in [6.45, 7) is 4.06. The lowest BCUT2D eigenvalue weighted by Gasteiger charge is -2.13. The van der Waals surface area contributed by atoms with Crippen molar-refractivity contribution in [1.82, 2.24) is 0 Å². The van der Waals surface area contributed by atoms with Crippen molar-refractivity contribution in [3.63, 3.8) is 0 Å². The molecule has 2 rings (SSSR count).